The van der Waals surface area contributed by atoms with Crippen LogP contribution in [0, 0.1) is 6.92 Å². The van der Waals surface area contributed by atoms with E-state index in [4.69, 9.17) is 35.4 Å². The van der Waals surface area contributed by atoms with Crippen molar-refractivity contribution in [3.05, 3.63) is 65.7 Å². The minimum Gasteiger partial charge on any atom is -0.340 e. The fraction of sp³-hybridized carbons (Fsp3) is 0.176. The smallest absolute Gasteiger partial charge is 0.252 e. The monoisotopic (exact) mass is 381 g/mol. The van der Waals surface area contributed by atoms with Crippen molar-refractivity contribution in [3.8, 4) is 0 Å². The molecule has 0 saturated carbocycles. The summed E-state index contributed by atoms with van der Waals surface area (Å²) >= 11 is 17.2. The predicted octanol–water partition coefficient (Wildman–Crippen LogP) is 3.84. The van der Waals surface area contributed by atoms with E-state index < -0.39 is 11.0 Å². The molecule has 0 aliphatic carbocycles. The van der Waals surface area contributed by atoms with Crippen molar-refractivity contribution in [2.75, 3.05) is 5.32 Å². The number of anilines is 1. The van der Waals surface area contributed by atoms with Gasteiger partial charge >= 0.3 is 0 Å². The van der Waals surface area contributed by atoms with Crippen molar-refractivity contribution >= 4 is 52.1 Å². The van der Waals surface area contributed by atoms with E-state index >= 15 is 0 Å². The number of rotatable bonds is 5. The second kappa shape index (κ2) is 8.87. The number of amides is 1. The molecule has 7 heteroatoms. The van der Waals surface area contributed by atoms with Gasteiger partial charge in [-0.25, -0.2) is 0 Å². The Labute approximate surface area is 156 Å². The number of aryl methyl sites for hydroxylation is 1. The molecule has 0 aliphatic heterocycles. The van der Waals surface area contributed by atoms with Gasteiger partial charge in [0.2, 0.25) is 0 Å². The predicted molar refractivity (Wildman–Crippen MR) is 104 cm³/mol. The first-order valence-electron chi connectivity index (χ1n) is 7.24. The third-order valence-electron chi connectivity index (χ3n) is 3.25. The van der Waals surface area contributed by atoms with Gasteiger partial charge in [-0.2, -0.15) is 0 Å². The lowest BCUT2D eigenvalue weighted by Crippen LogP contribution is -2.52. The maximum absolute atomic E-state index is 12.2. The van der Waals surface area contributed by atoms with Gasteiger partial charge in [0.15, 0.2) is 5.11 Å². The van der Waals surface area contributed by atoms with Gasteiger partial charge in [0.05, 0.1) is 0 Å². The molecule has 4 nitrogen and oxygen atoms in total. The number of alkyl halides is 2. The molecule has 126 valence electrons. The average molecular weight is 382 g/mol. The molecular weight excluding hydrogens is 365 g/mol. The highest BCUT2D eigenvalue weighted by Gasteiger charge is 2.21. The molecule has 1 unspecified atom stereocenters. The molecule has 0 fully saturated rings. The van der Waals surface area contributed by atoms with Gasteiger partial charge in [0.25, 0.3) is 5.91 Å². The van der Waals surface area contributed by atoms with E-state index in [0.717, 1.165) is 11.3 Å². The van der Waals surface area contributed by atoms with E-state index in [0.29, 0.717) is 10.7 Å². The maximum atomic E-state index is 12.2. The third kappa shape index (κ3) is 5.37. The number of benzene rings is 2. The minimum atomic E-state index is -0.880. The lowest BCUT2D eigenvalue weighted by atomic mass is 10.2. The topological polar surface area (TPSA) is 53.2 Å². The molecule has 24 heavy (non-hydrogen) atoms. The van der Waals surface area contributed by atoms with Gasteiger partial charge < -0.3 is 16.0 Å². The van der Waals surface area contributed by atoms with Gasteiger partial charge in [0.1, 0.15) is 11.0 Å². The summed E-state index contributed by atoms with van der Waals surface area (Å²) in [5.41, 5.74) is 2.42. The van der Waals surface area contributed by atoms with E-state index in [2.05, 4.69) is 16.0 Å². The first-order chi connectivity index (χ1) is 11.5. The van der Waals surface area contributed by atoms with Gasteiger partial charge in [-0.15, -0.1) is 23.2 Å². The van der Waals surface area contributed by atoms with E-state index in [1.54, 1.807) is 24.3 Å². The molecule has 0 bridgehead atoms. The zero-order chi connectivity index (χ0) is 17.5. The van der Waals surface area contributed by atoms with Crippen molar-refractivity contribution in [2.24, 2.45) is 0 Å². The lowest BCUT2D eigenvalue weighted by Gasteiger charge is -2.23. The fourth-order valence-electron chi connectivity index (χ4n) is 1.99. The Hall–Kier alpha value is -1.82. The number of carbonyl (C=O) groups excluding carboxylic acids is 1. The first-order valence-corrected chi connectivity index (χ1v) is 8.52. The van der Waals surface area contributed by atoms with Crippen molar-refractivity contribution < 1.29 is 4.79 Å². The summed E-state index contributed by atoms with van der Waals surface area (Å²) in [6.45, 7) is 1.96. The Morgan fingerprint density at radius 1 is 1.00 bits per heavy atom. The third-order valence-corrected chi connectivity index (χ3v) is 3.98. The van der Waals surface area contributed by atoms with E-state index in [9.17, 15) is 4.79 Å². The minimum absolute atomic E-state index is 0.293. The van der Waals surface area contributed by atoms with Gasteiger partial charge in [-0.1, -0.05) is 36.4 Å². The number of nitrogens with one attached hydrogen (secondary N) is 3. The SMILES string of the molecule is Cc1ccccc1NC(=S)NC(NC(=O)c1ccccc1)C(Cl)Cl. The van der Waals surface area contributed by atoms with Crippen LogP contribution in [0.3, 0.4) is 0 Å². The Bertz CT molecular complexity index is 710. The molecule has 0 aromatic heterocycles. The molecule has 0 heterocycles. The van der Waals surface area contributed by atoms with Crippen LogP contribution in [0.4, 0.5) is 5.69 Å². The molecular formula is C17H17Cl2N3OS. The molecule has 3 N–H and O–H groups in total. The molecule has 0 aliphatic rings. The van der Waals surface area contributed by atoms with Crippen LogP contribution in [-0.4, -0.2) is 22.0 Å². The van der Waals surface area contributed by atoms with Gasteiger partial charge in [-0.05, 0) is 42.9 Å². The quantitative estimate of drug-likeness (QED) is 0.418. The number of halogens is 2. The highest BCUT2D eigenvalue weighted by molar-refractivity contribution is 7.80. The highest BCUT2D eigenvalue weighted by atomic mass is 35.5. The van der Waals surface area contributed by atoms with Gasteiger partial charge in [0, 0.05) is 11.3 Å². The second-order valence-corrected chi connectivity index (χ2v) is 6.64. The zero-order valence-electron chi connectivity index (χ0n) is 12.9. The summed E-state index contributed by atoms with van der Waals surface area (Å²) in [6, 6.07) is 16.5. The van der Waals surface area contributed by atoms with Crippen LogP contribution < -0.4 is 16.0 Å². The highest BCUT2D eigenvalue weighted by Crippen LogP contribution is 2.13. The number of hydrogen-bond donors (Lipinski definition) is 3. The number of hydrogen-bond acceptors (Lipinski definition) is 2. The van der Waals surface area contributed by atoms with Crippen molar-refractivity contribution in [1.29, 1.82) is 0 Å². The average Bonchev–Trinajstić information content (AvgIpc) is 2.57. The second-order valence-electron chi connectivity index (χ2n) is 5.06. The van der Waals surface area contributed by atoms with Crippen LogP contribution in [-0.2, 0) is 0 Å². The molecule has 0 radical (unpaired) electrons. The van der Waals surface area contributed by atoms with Crippen LogP contribution in [0.1, 0.15) is 15.9 Å². The Kier molecular flexibility index (Phi) is 6.85. The number of thiocarbonyl (C=S) groups is 1. The largest absolute Gasteiger partial charge is 0.340 e. The van der Waals surface area contributed by atoms with Crippen LogP contribution in [0.25, 0.3) is 0 Å². The summed E-state index contributed by atoms with van der Waals surface area (Å²) in [4.78, 5) is 11.3. The zero-order valence-corrected chi connectivity index (χ0v) is 15.3. The van der Waals surface area contributed by atoms with Crippen LogP contribution in [0.2, 0.25) is 0 Å². The first kappa shape index (κ1) is 18.5. The Balaban J connectivity index is 1.99. The fourth-order valence-corrected chi connectivity index (χ4v) is 2.48. The lowest BCUT2D eigenvalue weighted by molar-refractivity contribution is 0.0936. The van der Waals surface area contributed by atoms with Crippen LogP contribution in [0.15, 0.2) is 54.6 Å². The molecule has 0 saturated heterocycles. The molecule has 1 atom stereocenters. The molecule has 1 amide bonds. The number of para-hydroxylation sites is 1. The van der Waals surface area contributed by atoms with Crippen molar-refractivity contribution in [3.63, 3.8) is 0 Å². The maximum Gasteiger partial charge on any atom is 0.252 e. The summed E-state index contributed by atoms with van der Waals surface area (Å²) in [6.07, 6.45) is -0.731. The standard InChI is InChI=1S/C17H17Cl2N3OS/c1-11-7-5-6-10-13(11)20-17(24)22-15(14(18)19)21-16(23)12-8-3-2-4-9-12/h2-10,14-15H,1H3,(H,21,23)(H2,20,22,24). The van der Waals surface area contributed by atoms with E-state index in [1.807, 2.05) is 37.3 Å². The normalized spacial score (nSPS) is 11.7. The molecule has 2 rings (SSSR count). The van der Waals surface area contributed by atoms with Crippen LogP contribution >= 0.6 is 35.4 Å². The van der Waals surface area contributed by atoms with Crippen LogP contribution in [0.5, 0.6) is 0 Å². The molecule has 0 spiro atoms. The van der Waals surface area contributed by atoms with E-state index in [1.165, 1.54) is 0 Å². The summed E-state index contributed by atoms with van der Waals surface area (Å²) in [5.74, 6) is -0.293. The summed E-state index contributed by atoms with van der Waals surface area (Å²) in [7, 11) is 0. The number of carbonyl (C=O) groups is 1. The van der Waals surface area contributed by atoms with E-state index in [-0.39, 0.29) is 5.91 Å². The molecule has 2 aromatic carbocycles. The summed E-state index contributed by atoms with van der Waals surface area (Å²) in [5, 5.41) is 9.01. The van der Waals surface area contributed by atoms with Crippen molar-refractivity contribution in [2.45, 2.75) is 17.9 Å². The Morgan fingerprint density at radius 2 is 1.62 bits per heavy atom. The van der Waals surface area contributed by atoms with Crippen molar-refractivity contribution in [1.82, 2.24) is 10.6 Å². The summed E-state index contributed by atoms with van der Waals surface area (Å²) < 4.78 is 0. The molecule has 2 aromatic rings. The van der Waals surface area contributed by atoms with Gasteiger partial charge in [-0.3, -0.25) is 4.79 Å². The Morgan fingerprint density at radius 3 is 2.25 bits per heavy atom.